The minimum absolute atomic E-state index is 0.0564. The summed E-state index contributed by atoms with van der Waals surface area (Å²) in [4.78, 5) is 29.6. The van der Waals surface area contributed by atoms with E-state index in [-0.39, 0.29) is 12.3 Å². The average molecular weight is 430 g/mol. The van der Waals surface area contributed by atoms with Gasteiger partial charge in [0.05, 0.1) is 46.2 Å². The van der Waals surface area contributed by atoms with Gasteiger partial charge in [-0.2, -0.15) is 5.10 Å². The highest BCUT2D eigenvalue weighted by Gasteiger charge is 2.24. The number of aryl methyl sites for hydroxylation is 1. The molecule has 3 rings (SSSR count). The number of benzene rings is 1. The zero-order valence-corrected chi connectivity index (χ0v) is 17.9. The molecule has 0 saturated heterocycles. The molecule has 9 nitrogen and oxygen atoms in total. The predicted molar refractivity (Wildman–Crippen MR) is 111 cm³/mol. The highest BCUT2D eigenvalue weighted by molar-refractivity contribution is 7.16. The van der Waals surface area contributed by atoms with E-state index in [4.69, 9.17) is 14.2 Å². The molecular weight excluding hydrogens is 408 g/mol. The number of nitrogens with zero attached hydrogens (tertiary/aromatic N) is 3. The second kappa shape index (κ2) is 9.40. The second-order valence-corrected chi connectivity index (χ2v) is 7.38. The summed E-state index contributed by atoms with van der Waals surface area (Å²) in [5.74, 6) is 0.277. The minimum Gasteiger partial charge on any atom is -0.497 e. The van der Waals surface area contributed by atoms with Crippen molar-refractivity contribution < 1.29 is 23.8 Å². The Bertz CT molecular complexity index is 1050. The first kappa shape index (κ1) is 21.3. The molecule has 0 aliphatic rings. The van der Waals surface area contributed by atoms with Crippen LogP contribution in [0, 0.1) is 0 Å². The lowest BCUT2D eigenvalue weighted by Gasteiger charge is -2.20. The van der Waals surface area contributed by atoms with Crippen LogP contribution in [-0.2, 0) is 16.6 Å². The van der Waals surface area contributed by atoms with Crippen LogP contribution in [-0.4, -0.2) is 48.0 Å². The van der Waals surface area contributed by atoms with E-state index in [2.05, 4.69) is 15.4 Å². The summed E-state index contributed by atoms with van der Waals surface area (Å²) in [5.41, 5.74) is 1.46. The van der Waals surface area contributed by atoms with Crippen LogP contribution in [0.1, 0.15) is 27.7 Å². The number of methoxy groups -OCH3 is 3. The first-order valence-corrected chi connectivity index (χ1v) is 9.81. The smallest absolute Gasteiger partial charge is 0.307 e. The molecule has 2 heterocycles. The van der Waals surface area contributed by atoms with Crippen molar-refractivity contribution in [2.75, 3.05) is 21.3 Å². The number of amides is 1. The van der Waals surface area contributed by atoms with Gasteiger partial charge in [-0.05, 0) is 12.1 Å². The van der Waals surface area contributed by atoms with Crippen molar-refractivity contribution in [3.63, 3.8) is 0 Å². The number of aromatic nitrogens is 3. The predicted octanol–water partition coefficient (Wildman–Crippen LogP) is 2.60. The summed E-state index contributed by atoms with van der Waals surface area (Å²) >= 11 is 1.24. The number of nitrogens with one attached hydrogen (secondary N) is 1. The van der Waals surface area contributed by atoms with Gasteiger partial charge in [-0.3, -0.25) is 14.3 Å². The first-order valence-electron chi connectivity index (χ1n) is 8.99. The molecule has 0 aliphatic heterocycles. The number of hydrogen-bond donors (Lipinski definition) is 1. The van der Waals surface area contributed by atoms with Crippen molar-refractivity contribution in [3.8, 4) is 22.1 Å². The maximum atomic E-state index is 12.9. The van der Waals surface area contributed by atoms with Crippen LogP contribution in [0.15, 0.2) is 36.8 Å². The van der Waals surface area contributed by atoms with Crippen molar-refractivity contribution in [2.24, 2.45) is 7.05 Å². The highest BCUT2D eigenvalue weighted by Crippen LogP contribution is 2.32. The van der Waals surface area contributed by atoms with E-state index >= 15 is 0 Å². The van der Waals surface area contributed by atoms with Gasteiger partial charge in [0, 0.05) is 30.4 Å². The molecule has 1 N–H and O–H groups in total. The summed E-state index contributed by atoms with van der Waals surface area (Å²) in [6.45, 7) is 0. The van der Waals surface area contributed by atoms with E-state index < -0.39 is 12.0 Å². The van der Waals surface area contributed by atoms with Crippen molar-refractivity contribution in [2.45, 2.75) is 12.5 Å². The largest absolute Gasteiger partial charge is 0.497 e. The summed E-state index contributed by atoms with van der Waals surface area (Å²) in [5, 5.41) is 7.68. The van der Waals surface area contributed by atoms with E-state index in [1.54, 1.807) is 36.2 Å². The summed E-state index contributed by atoms with van der Waals surface area (Å²) in [7, 11) is 6.17. The lowest BCUT2D eigenvalue weighted by molar-refractivity contribution is -0.141. The van der Waals surface area contributed by atoms with Gasteiger partial charge in [0.1, 0.15) is 21.4 Å². The molecule has 0 saturated carbocycles. The van der Waals surface area contributed by atoms with E-state index in [0.717, 1.165) is 5.56 Å². The van der Waals surface area contributed by atoms with Gasteiger partial charge in [-0.1, -0.05) is 0 Å². The molecule has 30 heavy (non-hydrogen) atoms. The Labute approximate surface area is 177 Å². The third-order valence-corrected chi connectivity index (χ3v) is 5.45. The molecule has 2 aromatic heterocycles. The quantitative estimate of drug-likeness (QED) is 0.548. The third kappa shape index (κ3) is 4.77. The summed E-state index contributed by atoms with van der Waals surface area (Å²) in [6.07, 6.45) is 4.95. The molecule has 3 aromatic rings. The van der Waals surface area contributed by atoms with Gasteiger partial charge in [0.25, 0.3) is 5.91 Å². The van der Waals surface area contributed by atoms with Crippen molar-refractivity contribution in [3.05, 3.63) is 47.2 Å². The Morgan fingerprint density at radius 1 is 1.20 bits per heavy atom. The molecule has 0 fully saturated rings. The average Bonchev–Trinajstić information content (AvgIpc) is 3.41. The van der Waals surface area contributed by atoms with Gasteiger partial charge >= 0.3 is 5.97 Å². The molecule has 1 aromatic carbocycles. The molecule has 1 atom stereocenters. The molecule has 0 spiro atoms. The van der Waals surface area contributed by atoms with Crippen LogP contribution >= 0.6 is 11.3 Å². The number of ether oxygens (including phenoxy) is 3. The molecule has 0 unspecified atom stereocenters. The van der Waals surface area contributed by atoms with Gasteiger partial charge in [-0.25, -0.2) is 4.98 Å². The van der Waals surface area contributed by atoms with Crippen LogP contribution in [0.25, 0.3) is 10.6 Å². The number of hydrogen-bond acceptors (Lipinski definition) is 8. The lowest BCUT2D eigenvalue weighted by Crippen LogP contribution is -2.30. The molecule has 0 radical (unpaired) electrons. The normalized spacial score (nSPS) is 11.6. The monoisotopic (exact) mass is 430 g/mol. The molecule has 0 aliphatic carbocycles. The van der Waals surface area contributed by atoms with Crippen LogP contribution < -0.4 is 14.8 Å². The minimum atomic E-state index is -0.658. The maximum Gasteiger partial charge on any atom is 0.307 e. The standard InChI is InChI=1S/C20H22N4O5S/c1-24-11-12(9-22-24)20-21-10-17(30-20)19(26)23-15(8-18(25)29-4)14-6-5-13(27-2)7-16(14)28-3/h5-7,9-11,15H,8H2,1-4H3,(H,23,26)/t15-/m1/s1. The van der Waals surface area contributed by atoms with Gasteiger partial charge in [0.2, 0.25) is 0 Å². The van der Waals surface area contributed by atoms with Crippen molar-refractivity contribution in [1.29, 1.82) is 0 Å². The van der Waals surface area contributed by atoms with Crippen LogP contribution in [0.2, 0.25) is 0 Å². The first-order chi connectivity index (χ1) is 14.4. The van der Waals surface area contributed by atoms with Gasteiger partial charge in [-0.15, -0.1) is 11.3 Å². The Balaban J connectivity index is 1.86. The van der Waals surface area contributed by atoms with E-state index in [1.165, 1.54) is 31.8 Å². The fourth-order valence-corrected chi connectivity index (χ4v) is 3.66. The van der Waals surface area contributed by atoms with E-state index in [9.17, 15) is 9.59 Å². The Kier molecular flexibility index (Phi) is 6.68. The van der Waals surface area contributed by atoms with E-state index in [1.807, 2.05) is 13.2 Å². The van der Waals surface area contributed by atoms with Crippen molar-refractivity contribution in [1.82, 2.24) is 20.1 Å². The van der Waals surface area contributed by atoms with Crippen LogP contribution in [0.4, 0.5) is 0 Å². The van der Waals surface area contributed by atoms with E-state index in [0.29, 0.717) is 26.9 Å². The maximum absolute atomic E-state index is 12.9. The van der Waals surface area contributed by atoms with Gasteiger partial charge in [0.15, 0.2) is 0 Å². The summed E-state index contributed by atoms with van der Waals surface area (Å²) < 4.78 is 17.1. The highest BCUT2D eigenvalue weighted by atomic mass is 32.1. The van der Waals surface area contributed by atoms with Gasteiger partial charge < -0.3 is 19.5 Å². The number of carbonyl (C=O) groups excluding carboxylic acids is 2. The number of carbonyl (C=O) groups is 2. The number of thiazole rings is 1. The molecule has 0 bridgehead atoms. The Morgan fingerprint density at radius 2 is 2.00 bits per heavy atom. The zero-order chi connectivity index (χ0) is 21.7. The zero-order valence-electron chi connectivity index (χ0n) is 17.0. The molecular formula is C20H22N4O5S. The Hall–Kier alpha value is -3.40. The second-order valence-electron chi connectivity index (χ2n) is 6.35. The topological polar surface area (TPSA) is 105 Å². The third-order valence-electron chi connectivity index (χ3n) is 4.40. The fraction of sp³-hybridized carbons (Fsp3) is 0.300. The fourth-order valence-electron chi connectivity index (χ4n) is 2.87. The van der Waals surface area contributed by atoms with Crippen LogP contribution in [0.3, 0.4) is 0 Å². The SMILES string of the molecule is COC(=O)C[C@@H](NC(=O)c1cnc(-c2cnn(C)c2)s1)c1ccc(OC)cc1OC. The van der Waals surface area contributed by atoms with Crippen LogP contribution in [0.5, 0.6) is 11.5 Å². The van der Waals surface area contributed by atoms with Crippen molar-refractivity contribution >= 4 is 23.2 Å². The Morgan fingerprint density at radius 3 is 2.63 bits per heavy atom. The number of rotatable bonds is 8. The summed E-state index contributed by atoms with van der Waals surface area (Å²) in [6, 6.07) is 4.52. The lowest BCUT2D eigenvalue weighted by atomic mass is 10.0. The molecule has 158 valence electrons. The molecule has 10 heteroatoms. The number of esters is 1. The molecule has 1 amide bonds.